The molecule has 82 valence electrons. The Labute approximate surface area is 103 Å². The maximum absolute atomic E-state index is 6.08. The van der Waals surface area contributed by atoms with Gasteiger partial charge in [0, 0.05) is 16.1 Å². The third-order valence-electron chi connectivity index (χ3n) is 2.17. The van der Waals surface area contributed by atoms with Gasteiger partial charge in [-0.1, -0.05) is 29.3 Å². The predicted octanol–water partition coefficient (Wildman–Crippen LogP) is 3.22. The standard InChI is InChI=1S/C11H9Cl2N3/c12-6-1-2-7(9(13)5-6)8-3-4-10(14)16-11(8)15/h1-5H,(H4,14,15,16). The molecule has 0 aliphatic rings. The average molecular weight is 254 g/mol. The Morgan fingerprint density at radius 3 is 2.25 bits per heavy atom. The van der Waals surface area contributed by atoms with Crippen LogP contribution in [0, 0.1) is 0 Å². The summed E-state index contributed by atoms with van der Waals surface area (Å²) < 4.78 is 0. The number of nitrogens with zero attached hydrogens (tertiary/aromatic N) is 1. The first-order chi connectivity index (χ1) is 7.58. The Balaban J connectivity index is 2.59. The lowest BCUT2D eigenvalue weighted by Gasteiger charge is -2.07. The van der Waals surface area contributed by atoms with Gasteiger partial charge in [0.25, 0.3) is 0 Å². The number of benzene rings is 1. The highest BCUT2D eigenvalue weighted by molar-refractivity contribution is 6.36. The molecule has 0 atom stereocenters. The quantitative estimate of drug-likeness (QED) is 0.821. The fourth-order valence-electron chi connectivity index (χ4n) is 1.43. The highest BCUT2D eigenvalue weighted by atomic mass is 35.5. The van der Waals surface area contributed by atoms with Crippen molar-refractivity contribution >= 4 is 34.8 Å². The molecular formula is C11H9Cl2N3. The minimum atomic E-state index is 0.351. The van der Waals surface area contributed by atoms with Crippen molar-refractivity contribution in [3.05, 3.63) is 40.4 Å². The number of nitrogens with two attached hydrogens (primary N) is 2. The number of aromatic nitrogens is 1. The maximum Gasteiger partial charge on any atom is 0.133 e. The molecule has 4 N–H and O–H groups in total. The van der Waals surface area contributed by atoms with Crippen molar-refractivity contribution in [1.29, 1.82) is 0 Å². The summed E-state index contributed by atoms with van der Waals surface area (Å²) in [6.45, 7) is 0. The lowest BCUT2D eigenvalue weighted by atomic mass is 10.1. The van der Waals surface area contributed by atoms with Crippen LogP contribution in [0.1, 0.15) is 0 Å². The lowest BCUT2D eigenvalue weighted by molar-refractivity contribution is 1.34. The van der Waals surface area contributed by atoms with Crippen molar-refractivity contribution < 1.29 is 0 Å². The SMILES string of the molecule is Nc1ccc(-c2ccc(Cl)cc2Cl)c(N)n1. The van der Waals surface area contributed by atoms with Crippen LogP contribution in [-0.2, 0) is 0 Å². The zero-order valence-electron chi connectivity index (χ0n) is 8.24. The van der Waals surface area contributed by atoms with Crippen LogP contribution in [0.4, 0.5) is 11.6 Å². The third kappa shape index (κ3) is 2.05. The maximum atomic E-state index is 6.08. The molecule has 1 aromatic carbocycles. The first-order valence-electron chi connectivity index (χ1n) is 4.55. The molecule has 0 saturated carbocycles. The summed E-state index contributed by atoms with van der Waals surface area (Å²) >= 11 is 11.9. The molecule has 16 heavy (non-hydrogen) atoms. The van der Waals surface area contributed by atoms with E-state index in [9.17, 15) is 0 Å². The summed E-state index contributed by atoms with van der Waals surface area (Å²) in [6, 6.07) is 8.67. The van der Waals surface area contributed by atoms with E-state index in [1.165, 1.54) is 0 Å². The normalized spacial score (nSPS) is 10.4. The first-order valence-corrected chi connectivity index (χ1v) is 5.31. The fourth-order valence-corrected chi connectivity index (χ4v) is 1.94. The fraction of sp³-hybridized carbons (Fsp3) is 0. The second kappa shape index (κ2) is 4.20. The average Bonchev–Trinajstić information content (AvgIpc) is 2.19. The van der Waals surface area contributed by atoms with E-state index in [2.05, 4.69) is 4.98 Å². The van der Waals surface area contributed by atoms with Crippen molar-refractivity contribution in [2.24, 2.45) is 0 Å². The molecule has 0 fully saturated rings. The Kier molecular flexibility index (Phi) is 2.90. The zero-order valence-corrected chi connectivity index (χ0v) is 9.76. The molecule has 0 aliphatic heterocycles. The van der Waals surface area contributed by atoms with Gasteiger partial charge in [-0.2, -0.15) is 0 Å². The molecule has 1 heterocycles. The summed E-state index contributed by atoms with van der Waals surface area (Å²) in [5.74, 6) is 0.732. The molecule has 0 radical (unpaired) electrons. The molecule has 0 spiro atoms. The topological polar surface area (TPSA) is 64.9 Å². The van der Waals surface area contributed by atoms with E-state index in [-0.39, 0.29) is 0 Å². The molecule has 0 amide bonds. The van der Waals surface area contributed by atoms with Crippen LogP contribution in [0.25, 0.3) is 11.1 Å². The van der Waals surface area contributed by atoms with Gasteiger partial charge in [-0.05, 0) is 24.3 Å². The zero-order chi connectivity index (χ0) is 11.7. The summed E-state index contributed by atoms with van der Waals surface area (Å²) in [4.78, 5) is 3.98. The van der Waals surface area contributed by atoms with Crippen LogP contribution in [0.5, 0.6) is 0 Å². The lowest BCUT2D eigenvalue weighted by Crippen LogP contribution is -1.98. The van der Waals surface area contributed by atoms with Gasteiger partial charge in [0.15, 0.2) is 0 Å². The van der Waals surface area contributed by atoms with Gasteiger partial charge in [0.2, 0.25) is 0 Å². The van der Waals surface area contributed by atoms with Crippen molar-refractivity contribution in [1.82, 2.24) is 4.98 Å². The van der Waals surface area contributed by atoms with Crippen LogP contribution in [0.2, 0.25) is 10.0 Å². The predicted molar refractivity (Wildman–Crippen MR) is 68.5 cm³/mol. The van der Waals surface area contributed by atoms with E-state index in [0.29, 0.717) is 21.7 Å². The second-order valence-corrected chi connectivity index (χ2v) is 4.14. The smallest absolute Gasteiger partial charge is 0.133 e. The molecule has 0 bridgehead atoms. The Morgan fingerprint density at radius 2 is 1.62 bits per heavy atom. The summed E-state index contributed by atoms with van der Waals surface area (Å²) in [7, 11) is 0. The van der Waals surface area contributed by atoms with E-state index in [0.717, 1.165) is 11.1 Å². The number of hydrogen-bond acceptors (Lipinski definition) is 3. The molecule has 0 aliphatic carbocycles. The number of nitrogen functional groups attached to an aromatic ring is 2. The Bertz CT molecular complexity index is 491. The molecular weight excluding hydrogens is 245 g/mol. The van der Waals surface area contributed by atoms with Gasteiger partial charge in [-0.15, -0.1) is 0 Å². The highest BCUT2D eigenvalue weighted by Crippen LogP contribution is 2.33. The van der Waals surface area contributed by atoms with E-state index in [1.807, 2.05) is 0 Å². The van der Waals surface area contributed by atoms with E-state index >= 15 is 0 Å². The Hall–Kier alpha value is -1.45. The number of pyridine rings is 1. The van der Waals surface area contributed by atoms with E-state index in [4.69, 9.17) is 34.7 Å². The van der Waals surface area contributed by atoms with Crippen LogP contribution in [0.3, 0.4) is 0 Å². The van der Waals surface area contributed by atoms with Crippen LogP contribution in [0.15, 0.2) is 30.3 Å². The van der Waals surface area contributed by atoms with Crippen molar-refractivity contribution in [3.63, 3.8) is 0 Å². The van der Waals surface area contributed by atoms with Gasteiger partial charge < -0.3 is 11.5 Å². The van der Waals surface area contributed by atoms with Gasteiger partial charge in [0.05, 0.1) is 5.02 Å². The summed E-state index contributed by atoms with van der Waals surface area (Å²) in [6.07, 6.45) is 0. The first kappa shape index (κ1) is 11.0. The monoisotopic (exact) mass is 253 g/mol. The van der Waals surface area contributed by atoms with Crippen molar-refractivity contribution in [3.8, 4) is 11.1 Å². The van der Waals surface area contributed by atoms with Gasteiger partial charge in [0.1, 0.15) is 11.6 Å². The summed E-state index contributed by atoms with van der Waals surface area (Å²) in [5.41, 5.74) is 12.8. The molecule has 5 heteroatoms. The van der Waals surface area contributed by atoms with Crippen LogP contribution < -0.4 is 11.5 Å². The van der Waals surface area contributed by atoms with Crippen molar-refractivity contribution in [2.75, 3.05) is 11.5 Å². The third-order valence-corrected chi connectivity index (χ3v) is 2.72. The Morgan fingerprint density at radius 1 is 0.938 bits per heavy atom. The molecule has 3 nitrogen and oxygen atoms in total. The van der Waals surface area contributed by atoms with Gasteiger partial charge in [-0.3, -0.25) is 0 Å². The van der Waals surface area contributed by atoms with E-state index in [1.54, 1.807) is 30.3 Å². The number of anilines is 2. The van der Waals surface area contributed by atoms with Crippen LogP contribution >= 0.6 is 23.2 Å². The summed E-state index contributed by atoms with van der Waals surface area (Å²) in [5, 5.41) is 1.11. The van der Waals surface area contributed by atoms with Gasteiger partial charge >= 0.3 is 0 Å². The number of hydrogen-bond donors (Lipinski definition) is 2. The minimum Gasteiger partial charge on any atom is -0.384 e. The molecule has 0 saturated heterocycles. The highest BCUT2D eigenvalue weighted by Gasteiger charge is 2.08. The minimum absolute atomic E-state index is 0.351. The number of halogens is 2. The van der Waals surface area contributed by atoms with Crippen molar-refractivity contribution in [2.45, 2.75) is 0 Å². The van der Waals surface area contributed by atoms with Crippen LogP contribution in [-0.4, -0.2) is 4.98 Å². The molecule has 1 aromatic heterocycles. The second-order valence-electron chi connectivity index (χ2n) is 3.29. The van der Waals surface area contributed by atoms with Gasteiger partial charge in [-0.25, -0.2) is 4.98 Å². The molecule has 2 aromatic rings. The number of rotatable bonds is 1. The molecule has 2 rings (SSSR count). The largest absolute Gasteiger partial charge is 0.384 e. The van der Waals surface area contributed by atoms with E-state index < -0.39 is 0 Å². The molecule has 0 unspecified atom stereocenters.